The molecule has 2 atom stereocenters. The number of fused-ring (bicyclic) bond motifs is 8. The molecule has 1 N–H and O–H groups in total. The average molecular weight is 342 g/mol. The summed E-state index contributed by atoms with van der Waals surface area (Å²) in [6.45, 7) is 4.30. The van der Waals surface area contributed by atoms with Crippen molar-refractivity contribution in [2.24, 2.45) is 0 Å². The minimum Gasteiger partial charge on any atom is -0.507 e. The third-order valence-corrected chi connectivity index (χ3v) is 6.59. The molecule has 1 heteroatoms. The van der Waals surface area contributed by atoms with Gasteiger partial charge in [-0.2, -0.15) is 0 Å². The Balaban J connectivity index is 1.89. The molecule has 0 radical (unpaired) electrons. The summed E-state index contributed by atoms with van der Waals surface area (Å²) in [6, 6.07) is 15.6. The molecule has 0 bridgehead atoms. The predicted octanol–water partition coefficient (Wildman–Crippen LogP) is 6.97. The first-order chi connectivity index (χ1) is 12.6. The Morgan fingerprint density at radius 2 is 1.42 bits per heavy atom. The summed E-state index contributed by atoms with van der Waals surface area (Å²) in [4.78, 5) is 0. The Labute approximate surface area is 155 Å². The number of phenolic OH excluding ortho intramolecular Hbond substituents is 1. The Morgan fingerprint density at radius 1 is 0.731 bits per heavy atom. The molecular formula is C25H26O. The first-order valence-electron chi connectivity index (χ1n) is 10.0. The number of hydrogen-bond acceptors (Lipinski definition) is 1. The number of aryl methyl sites for hydroxylation is 2. The van der Waals surface area contributed by atoms with Crippen LogP contribution in [-0.2, 0) is 0 Å². The van der Waals surface area contributed by atoms with Crippen molar-refractivity contribution >= 4 is 10.8 Å². The summed E-state index contributed by atoms with van der Waals surface area (Å²) in [5, 5.41) is 13.0. The van der Waals surface area contributed by atoms with Crippen LogP contribution in [0.15, 0.2) is 42.5 Å². The molecule has 132 valence electrons. The maximum Gasteiger partial charge on any atom is 0.123 e. The zero-order chi connectivity index (χ0) is 17.8. The van der Waals surface area contributed by atoms with Gasteiger partial charge in [-0.1, -0.05) is 60.7 Å². The van der Waals surface area contributed by atoms with E-state index in [1.165, 1.54) is 70.9 Å². The fraction of sp³-hybridized carbons (Fsp3) is 0.360. The molecule has 2 aliphatic rings. The second kappa shape index (κ2) is 5.87. The largest absolute Gasteiger partial charge is 0.507 e. The molecule has 0 aliphatic heterocycles. The number of phenols is 1. The van der Waals surface area contributed by atoms with Crippen LogP contribution < -0.4 is 0 Å². The van der Waals surface area contributed by atoms with E-state index in [0.717, 1.165) is 5.39 Å². The van der Waals surface area contributed by atoms with Crippen LogP contribution in [0.4, 0.5) is 0 Å². The highest BCUT2D eigenvalue weighted by Crippen LogP contribution is 2.55. The van der Waals surface area contributed by atoms with E-state index in [-0.39, 0.29) is 0 Å². The fourth-order valence-electron chi connectivity index (χ4n) is 5.40. The highest BCUT2D eigenvalue weighted by molar-refractivity contribution is 6.03. The summed E-state index contributed by atoms with van der Waals surface area (Å²) in [7, 11) is 0. The smallest absolute Gasteiger partial charge is 0.123 e. The summed E-state index contributed by atoms with van der Waals surface area (Å²) >= 11 is 0. The SMILES string of the molecule is Cc1ccc2c(c1)C1CCCCCC1c1cc(O)c3cc(C)ccc3c1-2. The first-order valence-corrected chi connectivity index (χ1v) is 10.0. The number of aromatic hydroxyl groups is 1. The molecule has 3 aromatic carbocycles. The van der Waals surface area contributed by atoms with Gasteiger partial charge < -0.3 is 5.11 Å². The predicted molar refractivity (Wildman–Crippen MR) is 109 cm³/mol. The van der Waals surface area contributed by atoms with Crippen molar-refractivity contribution in [2.45, 2.75) is 57.8 Å². The van der Waals surface area contributed by atoms with Crippen LogP contribution in [0, 0.1) is 13.8 Å². The summed E-state index contributed by atoms with van der Waals surface area (Å²) < 4.78 is 0. The third kappa shape index (κ3) is 2.30. The molecule has 0 saturated heterocycles. The molecule has 5 rings (SSSR count). The van der Waals surface area contributed by atoms with Crippen molar-refractivity contribution in [1.29, 1.82) is 0 Å². The van der Waals surface area contributed by atoms with E-state index in [2.05, 4.69) is 56.3 Å². The van der Waals surface area contributed by atoms with Crippen LogP contribution in [0.1, 0.15) is 66.2 Å². The van der Waals surface area contributed by atoms with E-state index in [4.69, 9.17) is 0 Å². The molecule has 0 heterocycles. The highest BCUT2D eigenvalue weighted by Gasteiger charge is 2.35. The standard InChI is InChI=1S/C25H26O/c1-15-8-10-19-21(12-15)17-6-4-3-5-7-18(17)23-14-24(26)22-13-16(2)9-11-20(22)25(19)23/h8-14,17-18,26H,3-7H2,1-2H3. The zero-order valence-electron chi connectivity index (χ0n) is 15.7. The van der Waals surface area contributed by atoms with Crippen molar-refractivity contribution in [3.63, 3.8) is 0 Å². The van der Waals surface area contributed by atoms with E-state index in [9.17, 15) is 5.11 Å². The van der Waals surface area contributed by atoms with Gasteiger partial charge in [-0.05, 0) is 78.3 Å². The summed E-state index contributed by atoms with van der Waals surface area (Å²) in [6.07, 6.45) is 6.47. The van der Waals surface area contributed by atoms with Crippen molar-refractivity contribution < 1.29 is 5.11 Å². The van der Waals surface area contributed by atoms with Gasteiger partial charge in [0, 0.05) is 5.39 Å². The van der Waals surface area contributed by atoms with Crippen molar-refractivity contribution in [3.05, 3.63) is 64.7 Å². The highest BCUT2D eigenvalue weighted by atomic mass is 16.3. The fourth-order valence-corrected chi connectivity index (χ4v) is 5.40. The second-order valence-corrected chi connectivity index (χ2v) is 8.35. The minimum absolute atomic E-state index is 0.445. The Morgan fingerprint density at radius 3 is 2.23 bits per heavy atom. The molecule has 2 unspecified atom stereocenters. The summed E-state index contributed by atoms with van der Waals surface area (Å²) in [5.74, 6) is 1.58. The molecule has 1 saturated carbocycles. The number of hydrogen-bond donors (Lipinski definition) is 1. The van der Waals surface area contributed by atoms with Crippen LogP contribution >= 0.6 is 0 Å². The molecule has 2 aliphatic carbocycles. The van der Waals surface area contributed by atoms with Gasteiger partial charge in [0.25, 0.3) is 0 Å². The van der Waals surface area contributed by atoms with Crippen LogP contribution in [0.2, 0.25) is 0 Å². The molecule has 0 aromatic heterocycles. The van der Waals surface area contributed by atoms with E-state index in [1.54, 1.807) is 0 Å². The van der Waals surface area contributed by atoms with E-state index < -0.39 is 0 Å². The number of benzene rings is 3. The van der Waals surface area contributed by atoms with Gasteiger partial charge in [-0.25, -0.2) is 0 Å². The quantitative estimate of drug-likeness (QED) is 0.467. The third-order valence-electron chi connectivity index (χ3n) is 6.59. The van der Waals surface area contributed by atoms with Crippen molar-refractivity contribution in [3.8, 4) is 16.9 Å². The van der Waals surface area contributed by atoms with Gasteiger partial charge >= 0.3 is 0 Å². The zero-order valence-corrected chi connectivity index (χ0v) is 15.7. The minimum atomic E-state index is 0.445. The molecule has 26 heavy (non-hydrogen) atoms. The van der Waals surface area contributed by atoms with E-state index in [1.807, 2.05) is 0 Å². The van der Waals surface area contributed by atoms with Crippen molar-refractivity contribution in [1.82, 2.24) is 0 Å². The lowest BCUT2D eigenvalue weighted by molar-refractivity contribution is 0.473. The Bertz CT molecular complexity index is 1010. The van der Waals surface area contributed by atoms with Gasteiger partial charge in [0.05, 0.1) is 0 Å². The Hall–Kier alpha value is -2.28. The summed E-state index contributed by atoms with van der Waals surface area (Å²) in [5.41, 5.74) is 8.23. The first kappa shape index (κ1) is 15.9. The van der Waals surface area contributed by atoms with Crippen molar-refractivity contribution in [2.75, 3.05) is 0 Å². The van der Waals surface area contributed by atoms with Gasteiger partial charge in [0.15, 0.2) is 0 Å². The maximum atomic E-state index is 10.8. The Kier molecular flexibility index (Phi) is 3.60. The van der Waals surface area contributed by atoms with Crippen LogP contribution in [0.5, 0.6) is 5.75 Å². The van der Waals surface area contributed by atoms with Gasteiger partial charge in [-0.3, -0.25) is 0 Å². The molecule has 0 spiro atoms. The molecular weight excluding hydrogens is 316 g/mol. The lowest BCUT2D eigenvalue weighted by Gasteiger charge is -2.36. The van der Waals surface area contributed by atoms with Gasteiger partial charge in [0.2, 0.25) is 0 Å². The lowest BCUT2D eigenvalue weighted by Crippen LogP contribution is -2.17. The van der Waals surface area contributed by atoms with Crippen LogP contribution in [-0.4, -0.2) is 5.11 Å². The topological polar surface area (TPSA) is 20.2 Å². The molecule has 1 nitrogen and oxygen atoms in total. The van der Waals surface area contributed by atoms with Gasteiger partial charge in [0.1, 0.15) is 5.75 Å². The average Bonchev–Trinajstić information content (AvgIpc) is 2.88. The lowest BCUT2D eigenvalue weighted by atomic mass is 9.68. The van der Waals surface area contributed by atoms with Crippen LogP contribution in [0.25, 0.3) is 21.9 Å². The molecule has 1 fully saturated rings. The van der Waals surface area contributed by atoms with Crippen LogP contribution in [0.3, 0.4) is 0 Å². The van der Waals surface area contributed by atoms with Gasteiger partial charge in [-0.15, -0.1) is 0 Å². The van der Waals surface area contributed by atoms with E-state index >= 15 is 0 Å². The second-order valence-electron chi connectivity index (χ2n) is 8.35. The molecule has 3 aromatic rings. The monoisotopic (exact) mass is 342 g/mol. The number of rotatable bonds is 0. The normalized spacial score (nSPS) is 21.6. The molecule has 0 amide bonds. The maximum absolute atomic E-state index is 10.8. The van der Waals surface area contributed by atoms with E-state index in [0.29, 0.717) is 17.6 Å².